The number of hydrogen-bond acceptors (Lipinski definition) is 3. The van der Waals surface area contributed by atoms with Gasteiger partial charge in [0.25, 0.3) is 0 Å². The van der Waals surface area contributed by atoms with E-state index in [9.17, 15) is 0 Å². The zero-order valence-corrected chi connectivity index (χ0v) is 9.79. The summed E-state index contributed by atoms with van der Waals surface area (Å²) < 4.78 is 1.89. The third kappa shape index (κ3) is 2.16. The molecule has 0 aliphatic heterocycles. The van der Waals surface area contributed by atoms with Crippen LogP contribution >= 0.6 is 23.4 Å². The Kier molecular flexibility index (Phi) is 3.28. The van der Waals surface area contributed by atoms with Crippen molar-refractivity contribution in [1.82, 2.24) is 14.8 Å². The molecule has 3 nitrogen and oxygen atoms in total. The summed E-state index contributed by atoms with van der Waals surface area (Å²) in [6.45, 7) is 0. The van der Waals surface area contributed by atoms with Gasteiger partial charge in [-0.2, -0.15) is 0 Å². The molecule has 1 aromatic heterocycles. The lowest BCUT2D eigenvalue weighted by Gasteiger charge is -2.04. The molecule has 0 aliphatic carbocycles. The highest BCUT2D eigenvalue weighted by atomic mass is 35.5. The molecule has 15 heavy (non-hydrogen) atoms. The summed E-state index contributed by atoms with van der Waals surface area (Å²) >= 11 is 7.47. The van der Waals surface area contributed by atoms with Crippen LogP contribution in [0.3, 0.4) is 0 Å². The van der Waals surface area contributed by atoms with Crippen LogP contribution in [0.2, 0.25) is 0 Å². The third-order valence-corrected chi connectivity index (χ3v) is 3.07. The highest BCUT2D eigenvalue weighted by Crippen LogP contribution is 2.18. The van der Waals surface area contributed by atoms with Crippen LogP contribution in [0, 0.1) is 0 Å². The van der Waals surface area contributed by atoms with Crippen LogP contribution < -0.4 is 0 Å². The van der Waals surface area contributed by atoms with Gasteiger partial charge in [0, 0.05) is 10.6 Å². The van der Waals surface area contributed by atoms with E-state index in [-0.39, 0.29) is 0 Å². The van der Waals surface area contributed by atoms with Crippen molar-refractivity contribution >= 4 is 23.4 Å². The predicted molar refractivity (Wildman–Crippen MR) is 62.7 cm³/mol. The number of alkyl halides is 1. The van der Waals surface area contributed by atoms with Gasteiger partial charge in [0.05, 0.1) is 5.88 Å². The molecule has 0 N–H and O–H groups in total. The van der Waals surface area contributed by atoms with Gasteiger partial charge >= 0.3 is 0 Å². The van der Waals surface area contributed by atoms with Crippen molar-refractivity contribution in [2.45, 2.75) is 10.8 Å². The molecule has 0 aliphatic rings. The lowest BCUT2D eigenvalue weighted by atomic mass is 10.3. The van der Waals surface area contributed by atoms with Crippen molar-refractivity contribution in [3.05, 3.63) is 36.4 Å². The molecule has 0 spiro atoms. The molecule has 2 rings (SSSR count). The van der Waals surface area contributed by atoms with Crippen LogP contribution in [0.5, 0.6) is 0 Å². The molecule has 0 saturated heterocycles. The van der Waals surface area contributed by atoms with Crippen LogP contribution in [-0.4, -0.2) is 21.0 Å². The first-order chi connectivity index (χ1) is 7.35. The van der Waals surface area contributed by atoms with Gasteiger partial charge in [-0.3, -0.25) is 4.57 Å². The largest absolute Gasteiger partial charge is 0.285 e. The Bertz CT molecular complexity index is 438. The van der Waals surface area contributed by atoms with Gasteiger partial charge < -0.3 is 0 Å². The standard InChI is InChI=1S/C10H10ClN3S/c1-15-9-4-2-8(3-5-9)14-7-12-13-10(14)6-11/h2-5,7H,6H2,1H3. The molecule has 78 valence electrons. The molecule has 1 aromatic carbocycles. The SMILES string of the molecule is CSc1ccc(-n2cnnc2CCl)cc1. The second-order valence-electron chi connectivity index (χ2n) is 2.95. The minimum absolute atomic E-state index is 0.365. The molecule has 2 aromatic rings. The Morgan fingerprint density at radius 1 is 1.33 bits per heavy atom. The fraction of sp³-hybridized carbons (Fsp3) is 0.200. The van der Waals surface area contributed by atoms with E-state index in [1.807, 2.05) is 16.7 Å². The normalized spacial score (nSPS) is 10.5. The predicted octanol–water partition coefficient (Wildman–Crippen LogP) is 2.73. The maximum atomic E-state index is 5.75. The van der Waals surface area contributed by atoms with Gasteiger partial charge in [0.15, 0.2) is 5.82 Å². The number of rotatable bonds is 3. The van der Waals surface area contributed by atoms with Crippen LogP contribution in [0.15, 0.2) is 35.5 Å². The van der Waals surface area contributed by atoms with Gasteiger partial charge in [0.1, 0.15) is 6.33 Å². The van der Waals surface area contributed by atoms with Crippen molar-refractivity contribution in [2.75, 3.05) is 6.26 Å². The summed E-state index contributed by atoms with van der Waals surface area (Å²) in [5, 5.41) is 7.76. The first kappa shape index (κ1) is 10.5. The molecule has 0 amide bonds. The van der Waals surface area contributed by atoms with E-state index >= 15 is 0 Å². The Labute approximate surface area is 97.5 Å². The summed E-state index contributed by atoms with van der Waals surface area (Å²) in [4.78, 5) is 1.24. The van der Waals surface area contributed by atoms with E-state index in [1.54, 1.807) is 18.1 Å². The second-order valence-corrected chi connectivity index (χ2v) is 4.10. The van der Waals surface area contributed by atoms with E-state index in [0.717, 1.165) is 11.5 Å². The minimum atomic E-state index is 0.365. The highest BCUT2D eigenvalue weighted by Gasteiger charge is 2.04. The molecular weight excluding hydrogens is 230 g/mol. The van der Waals surface area contributed by atoms with E-state index in [4.69, 9.17) is 11.6 Å². The van der Waals surface area contributed by atoms with E-state index in [0.29, 0.717) is 5.88 Å². The molecule has 0 unspecified atom stereocenters. The summed E-state index contributed by atoms with van der Waals surface area (Å²) in [5.41, 5.74) is 1.04. The van der Waals surface area contributed by atoms with Crippen molar-refractivity contribution in [2.24, 2.45) is 0 Å². The lowest BCUT2D eigenvalue weighted by Crippen LogP contribution is -1.97. The number of halogens is 1. The highest BCUT2D eigenvalue weighted by molar-refractivity contribution is 7.98. The number of benzene rings is 1. The van der Waals surface area contributed by atoms with E-state index < -0.39 is 0 Å². The Morgan fingerprint density at radius 3 is 2.67 bits per heavy atom. The Morgan fingerprint density at radius 2 is 2.07 bits per heavy atom. The Balaban J connectivity index is 2.37. The fourth-order valence-electron chi connectivity index (χ4n) is 1.31. The average molecular weight is 240 g/mol. The Hall–Kier alpha value is -1.000. The molecule has 1 heterocycles. The third-order valence-electron chi connectivity index (χ3n) is 2.09. The molecule has 0 radical (unpaired) electrons. The minimum Gasteiger partial charge on any atom is -0.285 e. The average Bonchev–Trinajstić information content (AvgIpc) is 2.77. The topological polar surface area (TPSA) is 30.7 Å². The van der Waals surface area contributed by atoms with Crippen molar-refractivity contribution < 1.29 is 0 Å². The molecule has 0 saturated carbocycles. The summed E-state index contributed by atoms with van der Waals surface area (Å²) in [5.74, 6) is 1.12. The van der Waals surface area contributed by atoms with Crippen molar-refractivity contribution in [3.63, 3.8) is 0 Å². The first-order valence-electron chi connectivity index (χ1n) is 4.44. The first-order valence-corrected chi connectivity index (χ1v) is 6.20. The van der Waals surface area contributed by atoms with Gasteiger partial charge in [0.2, 0.25) is 0 Å². The van der Waals surface area contributed by atoms with Crippen LogP contribution in [0.4, 0.5) is 0 Å². The number of hydrogen-bond donors (Lipinski definition) is 0. The van der Waals surface area contributed by atoms with Crippen LogP contribution in [0.1, 0.15) is 5.82 Å². The zero-order chi connectivity index (χ0) is 10.7. The fourth-order valence-corrected chi connectivity index (χ4v) is 1.90. The van der Waals surface area contributed by atoms with Gasteiger partial charge in [-0.05, 0) is 30.5 Å². The second kappa shape index (κ2) is 4.68. The van der Waals surface area contributed by atoms with E-state index in [2.05, 4.69) is 28.6 Å². The van der Waals surface area contributed by atoms with Gasteiger partial charge in [-0.15, -0.1) is 33.6 Å². The number of thioether (sulfide) groups is 1. The van der Waals surface area contributed by atoms with Crippen molar-refractivity contribution in [1.29, 1.82) is 0 Å². The smallest absolute Gasteiger partial charge is 0.152 e. The lowest BCUT2D eigenvalue weighted by molar-refractivity contribution is 0.949. The number of nitrogens with zero attached hydrogens (tertiary/aromatic N) is 3. The van der Waals surface area contributed by atoms with E-state index in [1.165, 1.54) is 4.90 Å². The molecule has 0 fully saturated rings. The van der Waals surface area contributed by atoms with Gasteiger partial charge in [-0.1, -0.05) is 0 Å². The maximum Gasteiger partial charge on any atom is 0.152 e. The van der Waals surface area contributed by atoms with Crippen LogP contribution in [-0.2, 0) is 5.88 Å². The van der Waals surface area contributed by atoms with Crippen molar-refractivity contribution in [3.8, 4) is 5.69 Å². The molecular formula is C10H10ClN3S. The zero-order valence-electron chi connectivity index (χ0n) is 8.22. The van der Waals surface area contributed by atoms with Gasteiger partial charge in [-0.25, -0.2) is 0 Å². The summed E-state index contributed by atoms with van der Waals surface area (Å²) in [6, 6.07) is 8.20. The van der Waals surface area contributed by atoms with Crippen LogP contribution in [0.25, 0.3) is 5.69 Å². The molecule has 5 heteroatoms. The summed E-state index contributed by atoms with van der Waals surface area (Å²) in [7, 11) is 0. The monoisotopic (exact) mass is 239 g/mol. The number of aromatic nitrogens is 3. The quantitative estimate of drug-likeness (QED) is 0.610. The summed E-state index contributed by atoms with van der Waals surface area (Å²) in [6.07, 6.45) is 3.73. The molecule has 0 bridgehead atoms. The maximum absolute atomic E-state index is 5.75. The molecule has 0 atom stereocenters.